The molecule has 2 aromatic rings. The van der Waals surface area contributed by atoms with Gasteiger partial charge in [0.2, 0.25) is 5.91 Å². The number of carboxylic acids is 1. The molecule has 0 spiro atoms. The summed E-state index contributed by atoms with van der Waals surface area (Å²) in [5.74, 6) is -1.98. The number of nitrogens with zero attached hydrogens (tertiary/aromatic N) is 2. The molecule has 198 valence electrons. The molecule has 2 atom stereocenters. The Kier molecular flexibility index (Phi) is 11.3. The van der Waals surface area contributed by atoms with Gasteiger partial charge in [0.05, 0.1) is 24.0 Å². The van der Waals surface area contributed by atoms with Crippen molar-refractivity contribution in [1.29, 1.82) is 10.8 Å². The molecule has 0 saturated carbocycles. The van der Waals surface area contributed by atoms with Crippen molar-refractivity contribution in [3.63, 3.8) is 0 Å². The first kappa shape index (κ1) is 29.1. The quantitative estimate of drug-likeness (QED) is 0.215. The number of amides is 1. The number of carbonyl (C=O) groups excluding carboxylic acids is 2. The number of aromatic nitrogens is 2. The molecular weight excluding hydrogens is 476 g/mol. The van der Waals surface area contributed by atoms with Crippen molar-refractivity contribution in [2.75, 3.05) is 11.9 Å². The van der Waals surface area contributed by atoms with Crippen LogP contribution in [0.25, 0.3) is 0 Å². The van der Waals surface area contributed by atoms with Crippen molar-refractivity contribution in [1.82, 2.24) is 14.9 Å². The van der Waals surface area contributed by atoms with E-state index in [-0.39, 0.29) is 55.3 Å². The fourth-order valence-electron chi connectivity index (χ4n) is 3.74. The number of aliphatic carboxylic acids is 1. The number of benzene rings is 1. The standard InChI is InChI=1S/C26H34N6O5/c1-3-21(32-15-14-29-24(26(32)37)30-16-19(28)17(2)27)25(36)31-20(12-13-23(34)35)22(33)11-7-10-18-8-5-4-6-9-18/h4-6,8-9,14-15,20-21,27-28H,3,7,10-13,16H2,1-2H3,(H,29,30)(H,31,36)(H,34,35). The van der Waals surface area contributed by atoms with Gasteiger partial charge in [-0.25, -0.2) is 4.98 Å². The summed E-state index contributed by atoms with van der Waals surface area (Å²) >= 11 is 0. The number of anilines is 1. The maximum Gasteiger partial charge on any atom is 0.303 e. The summed E-state index contributed by atoms with van der Waals surface area (Å²) in [7, 11) is 0. The molecule has 5 N–H and O–H groups in total. The van der Waals surface area contributed by atoms with Gasteiger partial charge in [0.15, 0.2) is 11.6 Å². The molecule has 0 fully saturated rings. The Hall–Kier alpha value is -4.15. The Balaban J connectivity index is 2.13. The molecule has 1 amide bonds. The van der Waals surface area contributed by atoms with Crippen LogP contribution in [0.1, 0.15) is 57.6 Å². The van der Waals surface area contributed by atoms with E-state index in [9.17, 15) is 19.2 Å². The van der Waals surface area contributed by atoms with Crippen LogP contribution < -0.4 is 16.2 Å². The fraction of sp³-hybridized carbons (Fsp3) is 0.423. The third-order valence-electron chi connectivity index (χ3n) is 5.86. The van der Waals surface area contributed by atoms with E-state index in [1.54, 1.807) is 6.92 Å². The zero-order chi connectivity index (χ0) is 27.4. The van der Waals surface area contributed by atoms with Crippen molar-refractivity contribution in [3.8, 4) is 0 Å². The first-order chi connectivity index (χ1) is 17.6. The minimum atomic E-state index is -1.07. The van der Waals surface area contributed by atoms with E-state index in [1.807, 2.05) is 30.3 Å². The second kappa shape index (κ2) is 14.4. The van der Waals surface area contributed by atoms with Crippen molar-refractivity contribution < 1.29 is 19.5 Å². The molecule has 1 aromatic carbocycles. The van der Waals surface area contributed by atoms with Crippen LogP contribution in [0, 0.1) is 10.8 Å². The minimum Gasteiger partial charge on any atom is -0.481 e. The number of nitrogens with one attached hydrogen (secondary N) is 4. The second-order valence-electron chi connectivity index (χ2n) is 8.67. The van der Waals surface area contributed by atoms with Gasteiger partial charge in [0, 0.05) is 25.2 Å². The summed E-state index contributed by atoms with van der Waals surface area (Å²) in [4.78, 5) is 54.2. The molecule has 2 rings (SSSR count). The van der Waals surface area contributed by atoms with Crippen LogP contribution in [0.5, 0.6) is 0 Å². The van der Waals surface area contributed by atoms with Crippen molar-refractivity contribution in [2.45, 2.75) is 64.5 Å². The molecule has 1 aromatic heterocycles. The van der Waals surface area contributed by atoms with Gasteiger partial charge in [-0.05, 0) is 38.2 Å². The zero-order valence-corrected chi connectivity index (χ0v) is 21.1. The summed E-state index contributed by atoms with van der Waals surface area (Å²) in [5.41, 5.74) is 0.542. The molecule has 11 heteroatoms. The topological polar surface area (TPSA) is 178 Å². The predicted octanol–water partition coefficient (Wildman–Crippen LogP) is 2.61. The van der Waals surface area contributed by atoms with Crippen LogP contribution in [0.2, 0.25) is 0 Å². The van der Waals surface area contributed by atoms with Crippen LogP contribution >= 0.6 is 0 Å². The summed E-state index contributed by atoms with van der Waals surface area (Å²) in [6.07, 6.45) is 4.03. The Morgan fingerprint density at radius 2 is 1.84 bits per heavy atom. The molecule has 0 saturated heterocycles. The molecule has 37 heavy (non-hydrogen) atoms. The normalized spacial score (nSPS) is 12.3. The number of carboxylic acid groups (broad SMARTS) is 1. The second-order valence-corrected chi connectivity index (χ2v) is 8.67. The van der Waals surface area contributed by atoms with Crippen LogP contribution in [0.15, 0.2) is 47.5 Å². The van der Waals surface area contributed by atoms with Gasteiger partial charge in [-0.3, -0.25) is 23.7 Å². The lowest BCUT2D eigenvalue weighted by Gasteiger charge is -2.23. The number of Topliss-reactive ketones (excluding diaryl/α,β-unsaturated/α-hetero) is 1. The lowest BCUT2D eigenvalue weighted by molar-refractivity contribution is -0.138. The maximum atomic E-state index is 13.2. The lowest BCUT2D eigenvalue weighted by Crippen LogP contribution is -2.46. The minimum absolute atomic E-state index is 0.00608. The Morgan fingerprint density at radius 1 is 1.14 bits per heavy atom. The molecule has 0 aliphatic rings. The number of ketones is 1. The van der Waals surface area contributed by atoms with Gasteiger partial charge in [0.25, 0.3) is 5.56 Å². The molecule has 0 aliphatic carbocycles. The first-order valence-electron chi connectivity index (χ1n) is 12.2. The summed E-state index contributed by atoms with van der Waals surface area (Å²) < 4.78 is 1.19. The van der Waals surface area contributed by atoms with Gasteiger partial charge < -0.3 is 26.6 Å². The largest absolute Gasteiger partial charge is 0.481 e. The average molecular weight is 511 g/mol. The highest BCUT2D eigenvalue weighted by molar-refractivity contribution is 6.40. The molecule has 11 nitrogen and oxygen atoms in total. The molecule has 0 radical (unpaired) electrons. The van der Waals surface area contributed by atoms with Crippen LogP contribution in [0.3, 0.4) is 0 Å². The van der Waals surface area contributed by atoms with E-state index in [0.29, 0.717) is 12.8 Å². The van der Waals surface area contributed by atoms with Crippen LogP contribution in [0.4, 0.5) is 5.82 Å². The Labute approximate surface area is 215 Å². The van der Waals surface area contributed by atoms with Crippen LogP contribution in [-0.4, -0.2) is 56.3 Å². The van der Waals surface area contributed by atoms with E-state index in [4.69, 9.17) is 15.9 Å². The van der Waals surface area contributed by atoms with Crippen molar-refractivity contribution in [3.05, 3.63) is 58.6 Å². The molecule has 0 bridgehead atoms. The smallest absolute Gasteiger partial charge is 0.303 e. The third kappa shape index (κ3) is 9.10. The zero-order valence-electron chi connectivity index (χ0n) is 21.1. The van der Waals surface area contributed by atoms with Crippen molar-refractivity contribution >= 4 is 34.9 Å². The van der Waals surface area contributed by atoms with Gasteiger partial charge in [-0.15, -0.1) is 0 Å². The van der Waals surface area contributed by atoms with Gasteiger partial charge in [-0.1, -0.05) is 37.3 Å². The Bertz CT molecular complexity index is 1180. The summed E-state index contributed by atoms with van der Waals surface area (Å²) in [6.45, 7) is 3.10. The van der Waals surface area contributed by atoms with Gasteiger partial charge >= 0.3 is 5.97 Å². The molecule has 0 aliphatic heterocycles. The average Bonchev–Trinajstić information content (AvgIpc) is 2.87. The fourth-order valence-corrected chi connectivity index (χ4v) is 3.74. The number of carbonyl (C=O) groups is 3. The van der Waals surface area contributed by atoms with E-state index in [1.165, 1.54) is 23.9 Å². The summed E-state index contributed by atoms with van der Waals surface area (Å²) in [6, 6.07) is 7.73. The Morgan fingerprint density at radius 3 is 2.46 bits per heavy atom. The highest BCUT2D eigenvalue weighted by atomic mass is 16.4. The van der Waals surface area contributed by atoms with Crippen LogP contribution in [-0.2, 0) is 20.8 Å². The van der Waals surface area contributed by atoms with Gasteiger partial charge in [-0.2, -0.15) is 0 Å². The summed E-state index contributed by atoms with van der Waals surface area (Å²) in [5, 5.41) is 29.7. The number of aryl methyl sites for hydroxylation is 1. The maximum absolute atomic E-state index is 13.2. The lowest BCUT2D eigenvalue weighted by atomic mass is 9.99. The monoisotopic (exact) mass is 510 g/mol. The molecular formula is C26H34N6O5. The number of rotatable bonds is 16. The molecule has 2 unspecified atom stereocenters. The highest BCUT2D eigenvalue weighted by Crippen LogP contribution is 2.13. The first-order valence-corrected chi connectivity index (χ1v) is 12.2. The van der Waals surface area contributed by atoms with E-state index < -0.39 is 29.5 Å². The van der Waals surface area contributed by atoms with Gasteiger partial charge in [0.1, 0.15) is 6.04 Å². The third-order valence-corrected chi connectivity index (χ3v) is 5.86. The molecule has 1 heterocycles. The van der Waals surface area contributed by atoms with E-state index >= 15 is 0 Å². The predicted molar refractivity (Wildman–Crippen MR) is 141 cm³/mol. The number of hydrogen-bond acceptors (Lipinski definition) is 8. The van der Waals surface area contributed by atoms with E-state index in [0.717, 1.165) is 5.56 Å². The highest BCUT2D eigenvalue weighted by Gasteiger charge is 2.27. The SMILES string of the molecule is CCC(C(=O)NC(CCC(=O)O)C(=O)CCCc1ccccc1)n1ccnc(NCC(=N)C(C)=N)c1=O. The number of hydrogen-bond donors (Lipinski definition) is 5. The van der Waals surface area contributed by atoms with Crippen molar-refractivity contribution in [2.24, 2.45) is 0 Å². The van der Waals surface area contributed by atoms with E-state index in [2.05, 4.69) is 15.6 Å².